The Bertz CT molecular complexity index is 1120. The van der Waals surface area contributed by atoms with E-state index in [1.165, 1.54) is 25.7 Å². The van der Waals surface area contributed by atoms with Crippen molar-refractivity contribution in [1.29, 1.82) is 0 Å². The van der Waals surface area contributed by atoms with Crippen LogP contribution in [0.1, 0.15) is 71.6 Å². The highest BCUT2D eigenvalue weighted by Crippen LogP contribution is 2.68. The van der Waals surface area contributed by atoms with Crippen molar-refractivity contribution >= 4 is 16.9 Å². The summed E-state index contributed by atoms with van der Waals surface area (Å²) in [6.45, 7) is 5.90. The number of aromatic nitrogens is 4. The lowest BCUT2D eigenvalue weighted by molar-refractivity contribution is -0.164. The molecule has 0 saturated heterocycles. The van der Waals surface area contributed by atoms with Gasteiger partial charge in [-0.1, -0.05) is 20.3 Å². The first-order valence-corrected chi connectivity index (χ1v) is 13.7. The molecule has 0 amide bonds. The minimum atomic E-state index is -0.193. The lowest BCUT2D eigenvalue weighted by Gasteiger charge is -2.66. The molecule has 4 saturated carbocycles. The zero-order valence-electron chi connectivity index (χ0n) is 21.6. The molecule has 0 radical (unpaired) electrons. The van der Waals surface area contributed by atoms with E-state index in [0.717, 1.165) is 56.1 Å². The Morgan fingerprint density at radius 2 is 1.94 bits per heavy atom. The van der Waals surface area contributed by atoms with Gasteiger partial charge in [0.2, 0.25) is 0 Å². The van der Waals surface area contributed by atoms with Crippen LogP contribution in [0.2, 0.25) is 0 Å². The van der Waals surface area contributed by atoms with Crippen molar-refractivity contribution in [3.05, 3.63) is 18.6 Å². The number of carbonyl (C=O) groups excluding carboxylic acids is 1. The van der Waals surface area contributed by atoms with E-state index in [4.69, 9.17) is 10.5 Å². The van der Waals surface area contributed by atoms with Crippen LogP contribution in [0.25, 0.3) is 11.2 Å². The van der Waals surface area contributed by atoms with Crippen LogP contribution in [-0.2, 0) is 16.1 Å². The highest BCUT2D eigenvalue weighted by Gasteiger charge is 2.67. The molecule has 190 valence electrons. The van der Waals surface area contributed by atoms with Crippen LogP contribution < -0.4 is 5.73 Å². The highest BCUT2D eigenvalue weighted by atomic mass is 16.5. The summed E-state index contributed by atoms with van der Waals surface area (Å²) in [5, 5.41) is 4.43. The molecule has 0 spiro atoms. The number of ether oxygens (including phenoxy) is 1. The Hall–Kier alpha value is -1.86. The van der Waals surface area contributed by atoms with Crippen molar-refractivity contribution in [2.75, 3.05) is 13.7 Å². The van der Waals surface area contributed by atoms with Gasteiger partial charge in [-0.2, -0.15) is 5.10 Å². The third-order valence-corrected chi connectivity index (χ3v) is 11.2. The van der Waals surface area contributed by atoms with Gasteiger partial charge in [-0.3, -0.25) is 4.79 Å². The minimum absolute atomic E-state index is 0.0345. The largest absolute Gasteiger partial charge is 0.384 e. The van der Waals surface area contributed by atoms with Crippen molar-refractivity contribution in [2.24, 2.45) is 46.2 Å². The molecule has 2 heterocycles. The molecule has 0 bridgehead atoms. The molecule has 7 nitrogen and oxygen atoms in total. The number of hydrogen-bond donors (Lipinski definition) is 1. The van der Waals surface area contributed by atoms with Crippen molar-refractivity contribution < 1.29 is 9.53 Å². The smallest absolute Gasteiger partial charge is 0.177 e. The van der Waals surface area contributed by atoms with E-state index in [-0.39, 0.29) is 34.6 Å². The summed E-state index contributed by atoms with van der Waals surface area (Å²) < 4.78 is 7.66. The molecule has 2 aromatic heterocycles. The molecule has 2 aromatic rings. The van der Waals surface area contributed by atoms with Crippen LogP contribution in [0, 0.1) is 40.4 Å². The van der Waals surface area contributed by atoms with E-state index in [9.17, 15) is 4.79 Å². The van der Waals surface area contributed by atoms with Gasteiger partial charge in [0, 0.05) is 36.4 Å². The predicted octanol–water partition coefficient (Wildman–Crippen LogP) is 4.40. The summed E-state index contributed by atoms with van der Waals surface area (Å²) in [5.74, 6) is 2.74. The summed E-state index contributed by atoms with van der Waals surface area (Å²) in [4.78, 5) is 22.5. The Kier molecular flexibility index (Phi) is 5.61. The number of nitrogens with zero attached hydrogens (tertiary/aromatic N) is 4. The molecule has 4 aliphatic carbocycles. The first-order valence-electron chi connectivity index (χ1n) is 13.7. The standard InChI is InChI=1S/C28H41N5O2/c1-18-6-10-27(17-35-3)19(14-18)7-11-28(29)23-5-4-20(26(23,2)9-8-24(27)28)22(34)16-33-25-21(15-32-33)30-12-13-31-25/h12-13,15,18-20,23-24H,4-11,14,16-17,29H2,1-3H3/t18-,19?,20+,23?,24?,26+,27+,28+/m0/s1. The number of Topliss-reactive ketones (excluding diaryl/α,β-unsaturated/α-hetero) is 1. The molecular weight excluding hydrogens is 438 g/mol. The lowest BCUT2D eigenvalue weighted by Crippen LogP contribution is -2.69. The van der Waals surface area contributed by atoms with Crippen LogP contribution in [0.15, 0.2) is 18.6 Å². The summed E-state index contributed by atoms with van der Waals surface area (Å²) in [6, 6.07) is 0. The van der Waals surface area contributed by atoms with Gasteiger partial charge in [0.05, 0.1) is 12.8 Å². The van der Waals surface area contributed by atoms with Crippen molar-refractivity contribution in [2.45, 2.75) is 83.7 Å². The number of nitrogens with two attached hydrogens (primary N) is 1. The van der Waals surface area contributed by atoms with Gasteiger partial charge in [0.25, 0.3) is 0 Å². The third-order valence-electron chi connectivity index (χ3n) is 11.2. The molecular formula is C28H41N5O2. The van der Waals surface area contributed by atoms with Crippen LogP contribution in [0.3, 0.4) is 0 Å². The molecule has 7 heteroatoms. The number of hydrogen-bond acceptors (Lipinski definition) is 6. The average Bonchev–Trinajstić information content (AvgIpc) is 3.41. The first kappa shape index (κ1) is 23.5. The second-order valence-electron chi connectivity index (χ2n) is 12.7. The SMILES string of the molecule is COC[C@]12CC[C@H](C)CC1CC[C@]1(N)C2CC[C@@]2(C)C1CC[C@@H]2C(=O)Cn1ncc2nccnc21. The number of fused-ring (bicyclic) bond motifs is 6. The fourth-order valence-corrected chi connectivity index (χ4v) is 9.72. The van der Waals surface area contributed by atoms with Gasteiger partial charge in [0.1, 0.15) is 12.1 Å². The summed E-state index contributed by atoms with van der Waals surface area (Å²) in [6.07, 6.45) is 15.4. The second kappa shape index (κ2) is 8.34. The van der Waals surface area contributed by atoms with Crippen LogP contribution in [0.4, 0.5) is 0 Å². The molecule has 4 fully saturated rings. The van der Waals surface area contributed by atoms with Gasteiger partial charge < -0.3 is 10.5 Å². The van der Waals surface area contributed by atoms with Crippen molar-refractivity contribution in [3.63, 3.8) is 0 Å². The fraction of sp³-hybridized carbons (Fsp3) is 0.786. The number of ketones is 1. The highest BCUT2D eigenvalue weighted by molar-refractivity contribution is 5.83. The van der Waals surface area contributed by atoms with Gasteiger partial charge >= 0.3 is 0 Å². The molecule has 35 heavy (non-hydrogen) atoms. The van der Waals surface area contributed by atoms with Crippen molar-refractivity contribution in [1.82, 2.24) is 19.7 Å². The van der Waals surface area contributed by atoms with E-state index in [0.29, 0.717) is 17.5 Å². The molecule has 0 aromatic carbocycles. The molecule has 3 unspecified atom stereocenters. The third kappa shape index (κ3) is 3.37. The average molecular weight is 480 g/mol. The van der Waals surface area contributed by atoms with Gasteiger partial charge in [-0.25, -0.2) is 14.6 Å². The molecule has 6 rings (SSSR count). The van der Waals surface area contributed by atoms with Gasteiger partial charge in [-0.05, 0) is 80.5 Å². The van der Waals surface area contributed by atoms with Crippen LogP contribution in [-0.4, -0.2) is 44.8 Å². The Labute approximate surface area is 208 Å². The zero-order chi connectivity index (χ0) is 24.4. The zero-order valence-corrected chi connectivity index (χ0v) is 21.6. The Morgan fingerprint density at radius 3 is 2.77 bits per heavy atom. The second-order valence-corrected chi connectivity index (χ2v) is 12.7. The van der Waals surface area contributed by atoms with Gasteiger partial charge in [-0.15, -0.1) is 0 Å². The quantitative estimate of drug-likeness (QED) is 0.683. The van der Waals surface area contributed by atoms with Crippen LogP contribution in [0.5, 0.6) is 0 Å². The maximum absolute atomic E-state index is 13.7. The van der Waals surface area contributed by atoms with E-state index in [1.54, 1.807) is 23.3 Å². The molecule has 8 atom stereocenters. The van der Waals surface area contributed by atoms with Gasteiger partial charge in [0.15, 0.2) is 11.4 Å². The van der Waals surface area contributed by atoms with E-state index in [1.807, 2.05) is 7.11 Å². The predicted molar refractivity (Wildman–Crippen MR) is 134 cm³/mol. The first-order chi connectivity index (χ1) is 16.8. The summed E-state index contributed by atoms with van der Waals surface area (Å²) in [5.41, 5.74) is 8.96. The minimum Gasteiger partial charge on any atom is -0.384 e. The summed E-state index contributed by atoms with van der Waals surface area (Å²) >= 11 is 0. The van der Waals surface area contributed by atoms with E-state index in [2.05, 4.69) is 28.9 Å². The van der Waals surface area contributed by atoms with Crippen molar-refractivity contribution in [3.8, 4) is 0 Å². The topological polar surface area (TPSA) is 95.9 Å². The Balaban J connectivity index is 1.27. The molecule has 0 aliphatic heterocycles. The number of rotatable bonds is 5. The maximum atomic E-state index is 13.7. The monoisotopic (exact) mass is 479 g/mol. The normalized spacial score (nSPS) is 42.9. The molecule has 2 N–H and O–H groups in total. The maximum Gasteiger partial charge on any atom is 0.177 e. The Morgan fingerprint density at radius 1 is 1.11 bits per heavy atom. The lowest BCUT2D eigenvalue weighted by atomic mass is 9.41. The number of carbonyl (C=O) groups is 1. The molecule has 4 aliphatic rings. The number of methoxy groups -OCH3 is 1. The van der Waals surface area contributed by atoms with E-state index >= 15 is 0 Å². The van der Waals surface area contributed by atoms with E-state index < -0.39 is 0 Å². The summed E-state index contributed by atoms with van der Waals surface area (Å²) in [7, 11) is 1.87. The van der Waals surface area contributed by atoms with Crippen LogP contribution >= 0.6 is 0 Å². The fourth-order valence-electron chi connectivity index (χ4n) is 9.72.